The summed E-state index contributed by atoms with van der Waals surface area (Å²) in [5.41, 5.74) is 0.863. The van der Waals surface area contributed by atoms with Gasteiger partial charge in [-0.2, -0.15) is 0 Å². The van der Waals surface area contributed by atoms with Gasteiger partial charge in [-0.25, -0.2) is 9.18 Å². The summed E-state index contributed by atoms with van der Waals surface area (Å²) in [6.45, 7) is 0.544. The average molecular weight is 472 g/mol. The summed E-state index contributed by atoms with van der Waals surface area (Å²) in [6.07, 6.45) is 1.50. The van der Waals surface area contributed by atoms with E-state index in [9.17, 15) is 14.0 Å². The van der Waals surface area contributed by atoms with E-state index in [0.29, 0.717) is 40.8 Å². The number of nitrogens with one attached hydrogen (secondary N) is 2. The van der Waals surface area contributed by atoms with Crippen molar-refractivity contribution < 1.29 is 23.5 Å². The summed E-state index contributed by atoms with van der Waals surface area (Å²) in [6, 6.07) is 10.1. The second kappa shape index (κ2) is 9.82. The first-order valence-corrected chi connectivity index (χ1v) is 11.0. The molecule has 1 aliphatic heterocycles. The van der Waals surface area contributed by atoms with Crippen molar-refractivity contribution in [2.45, 2.75) is 18.9 Å². The van der Waals surface area contributed by atoms with E-state index in [0.717, 1.165) is 17.8 Å². The SMILES string of the molecule is COc1cc(NC(=O)N2CCCC2c2nnc(C(=O)Nc3cccc(F)c3)s2)cc(OC)c1. The lowest BCUT2D eigenvalue weighted by atomic mass is 10.2. The number of aromatic nitrogens is 2. The van der Waals surface area contributed by atoms with Crippen LogP contribution in [0.1, 0.15) is 33.7 Å². The third-order valence-corrected chi connectivity index (χ3v) is 6.14. The quantitative estimate of drug-likeness (QED) is 0.555. The Kier molecular flexibility index (Phi) is 6.68. The number of urea groups is 1. The van der Waals surface area contributed by atoms with Gasteiger partial charge in [0.05, 0.1) is 20.3 Å². The molecule has 2 heterocycles. The molecular weight excluding hydrogens is 449 g/mol. The van der Waals surface area contributed by atoms with Gasteiger partial charge in [-0.1, -0.05) is 17.4 Å². The number of benzene rings is 2. The molecule has 11 heteroatoms. The zero-order chi connectivity index (χ0) is 23.4. The largest absolute Gasteiger partial charge is 0.497 e. The van der Waals surface area contributed by atoms with Crippen molar-refractivity contribution in [3.8, 4) is 11.5 Å². The summed E-state index contributed by atoms with van der Waals surface area (Å²) in [7, 11) is 3.07. The first-order valence-electron chi connectivity index (χ1n) is 10.2. The molecule has 1 aromatic heterocycles. The predicted octanol–water partition coefficient (Wildman–Crippen LogP) is 4.32. The number of amides is 3. The molecule has 1 unspecified atom stereocenters. The molecule has 1 fully saturated rings. The number of methoxy groups -OCH3 is 2. The molecule has 1 aliphatic rings. The number of nitrogens with zero attached hydrogens (tertiary/aromatic N) is 3. The highest BCUT2D eigenvalue weighted by molar-refractivity contribution is 7.13. The van der Waals surface area contributed by atoms with Crippen molar-refractivity contribution in [1.82, 2.24) is 15.1 Å². The zero-order valence-corrected chi connectivity index (χ0v) is 18.8. The third kappa shape index (κ3) is 5.20. The van der Waals surface area contributed by atoms with Crippen LogP contribution in [0.25, 0.3) is 0 Å². The Morgan fingerprint density at radius 2 is 1.82 bits per heavy atom. The second-order valence-corrected chi connectivity index (χ2v) is 8.30. The lowest BCUT2D eigenvalue weighted by molar-refractivity contribution is 0.102. The monoisotopic (exact) mass is 471 g/mol. The highest BCUT2D eigenvalue weighted by atomic mass is 32.1. The van der Waals surface area contributed by atoms with Crippen molar-refractivity contribution in [2.24, 2.45) is 0 Å². The molecule has 0 spiro atoms. The molecule has 4 rings (SSSR count). The van der Waals surface area contributed by atoms with E-state index in [1.54, 1.807) is 29.2 Å². The van der Waals surface area contributed by atoms with Crippen molar-refractivity contribution in [3.05, 3.63) is 58.3 Å². The van der Waals surface area contributed by atoms with Crippen LogP contribution in [-0.2, 0) is 0 Å². The Morgan fingerprint density at radius 3 is 2.52 bits per heavy atom. The van der Waals surface area contributed by atoms with Crippen molar-refractivity contribution in [3.63, 3.8) is 0 Å². The highest BCUT2D eigenvalue weighted by Crippen LogP contribution is 2.35. The van der Waals surface area contributed by atoms with Gasteiger partial charge in [-0.3, -0.25) is 4.79 Å². The van der Waals surface area contributed by atoms with E-state index in [2.05, 4.69) is 20.8 Å². The maximum atomic E-state index is 13.4. The number of ether oxygens (including phenoxy) is 2. The van der Waals surface area contributed by atoms with Crippen LogP contribution in [0.3, 0.4) is 0 Å². The van der Waals surface area contributed by atoms with Gasteiger partial charge in [0.15, 0.2) is 0 Å². The minimum atomic E-state index is -0.484. The summed E-state index contributed by atoms with van der Waals surface area (Å²) in [5.74, 6) is 0.176. The van der Waals surface area contributed by atoms with Crippen LogP contribution in [0.5, 0.6) is 11.5 Å². The molecule has 0 saturated carbocycles. The molecule has 9 nitrogen and oxygen atoms in total. The lowest BCUT2D eigenvalue weighted by Crippen LogP contribution is -2.34. The Hall–Kier alpha value is -3.73. The predicted molar refractivity (Wildman–Crippen MR) is 122 cm³/mol. The third-order valence-electron chi connectivity index (χ3n) is 5.12. The Balaban J connectivity index is 1.46. The molecule has 0 bridgehead atoms. The van der Waals surface area contributed by atoms with E-state index >= 15 is 0 Å². The van der Waals surface area contributed by atoms with E-state index in [-0.39, 0.29) is 17.1 Å². The number of anilines is 2. The highest BCUT2D eigenvalue weighted by Gasteiger charge is 2.33. The summed E-state index contributed by atoms with van der Waals surface area (Å²) in [4.78, 5) is 27.1. The van der Waals surface area contributed by atoms with E-state index in [1.807, 2.05) is 0 Å². The number of rotatable bonds is 6. The Bertz CT molecular complexity index is 1150. The van der Waals surface area contributed by atoms with Gasteiger partial charge in [0.1, 0.15) is 22.3 Å². The fourth-order valence-corrected chi connectivity index (χ4v) is 4.44. The van der Waals surface area contributed by atoms with E-state index < -0.39 is 11.7 Å². The van der Waals surface area contributed by atoms with Gasteiger partial charge in [0.25, 0.3) is 5.91 Å². The second-order valence-electron chi connectivity index (χ2n) is 7.29. The molecule has 1 saturated heterocycles. The maximum absolute atomic E-state index is 13.4. The number of carbonyl (C=O) groups is 2. The minimum absolute atomic E-state index is 0.138. The summed E-state index contributed by atoms with van der Waals surface area (Å²) in [5, 5.41) is 14.3. The van der Waals surface area contributed by atoms with Crippen molar-refractivity contribution >= 4 is 34.6 Å². The van der Waals surface area contributed by atoms with E-state index in [4.69, 9.17) is 9.47 Å². The van der Waals surface area contributed by atoms with Crippen LogP contribution in [0.2, 0.25) is 0 Å². The number of hydrogen-bond acceptors (Lipinski definition) is 7. The summed E-state index contributed by atoms with van der Waals surface area (Å²) < 4.78 is 23.9. The molecule has 2 aromatic carbocycles. The molecule has 2 N–H and O–H groups in total. The number of likely N-dealkylation sites (tertiary alicyclic amines) is 1. The molecule has 3 aromatic rings. The van der Waals surface area contributed by atoms with Crippen LogP contribution >= 0.6 is 11.3 Å². The van der Waals surface area contributed by atoms with Gasteiger partial charge in [-0.15, -0.1) is 10.2 Å². The number of hydrogen-bond donors (Lipinski definition) is 2. The molecule has 33 heavy (non-hydrogen) atoms. The van der Waals surface area contributed by atoms with Gasteiger partial charge in [0, 0.05) is 36.1 Å². The molecule has 3 amide bonds. The van der Waals surface area contributed by atoms with Crippen molar-refractivity contribution in [1.29, 1.82) is 0 Å². The maximum Gasteiger partial charge on any atom is 0.322 e. The van der Waals surface area contributed by atoms with Gasteiger partial charge >= 0.3 is 6.03 Å². The van der Waals surface area contributed by atoms with Gasteiger partial charge in [-0.05, 0) is 31.0 Å². The average Bonchev–Trinajstić information content (AvgIpc) is 3.48. The molecule has 1 atom stereocenters. The zero-order valence-electron chi connectivity index (χ0n) is 18.0. The van der Waals surface area contributed by atoms with Crippen LogP contribution in [0.15, 0.2) is 42.5 Å². The number of halogens is 1. The molecule has 0 radical (unpaired) electrons. The first-order chi connectivity index (χ1) is 16.0. The van der Waals surface area contributed by atoms with Crippen LogP contribution in [0.4, 0.5) is 20.6 Å². The van der Waals surface area contributed by atoms with E-state index in [1.165, 1.54) is 32.4 Å². The van der Waals surface area contributed by atoms with Crippen LogP contribution in [0, 0.1) is 5.82 Å². The van der Waals surface area contributed by atoms with Crippen LogP contribution in [-0.4, -0.2) is 47.8 Å². The molecular formula is C22H22FN5O4S. The Labute approximate surface area is 193 Å². The van der Waals surface area contributed by atoms with Crippen molar-refractivity contribution in [2.75, 3.05) is 31.4 Å². The van der Waals surface area contributed by atoms with Gasteiger partial charge in [0.2, 0.25) is 5.01 Å². The van der Waals surface area contributed by atoms with Gasteiger partial charge < -0.3 is 25.0 Å². The first kappa shape index (κ1) is 22.5. The lowest BCUT2D eigenvalue weighted by Gasteiger charge is -2.23. The normalized spacial score (nSPS) is 15.2. The van der Waals surface area contributed by atoms with Crippen LogP contribution < -0.4 is 20.1 Å². The summed E-state index contributed by atoms with van der Waals surface area (Å²) >= 11 is 1.11. The standard InChI is InChI=1S/C22H22FN5O4S/c1-31-16-10-15(11-17(12-16)32-2)25-22(30)28-8-4-7-18(28)20-26-27-21(33-20)19(29)24-14-6-3-5-13(23)9-14/h3,5-6,9-12,18H,4,7-8H2,1-2H3,(H,24,29)(H,25,30). The fourth-order valence-electron chi connectivity index (χ4n) is 3.55. The minimum Gasteiger partial charge on any atom is -0.497 e. The number of carbonyl (C=O) groups excluding carboxylic acids is 2. The molecule has 0 aliphatic carbocycles. The topological polar surface area (TPSA) is 106 Å². The Morgan fingerprint density at radius 1 is 1.06 bits per heavy atom. The fraction of sp³-hybridized carbons (Fsp3) is 0.273. The molecule has 172 valence electrons. The smallest absolute Gasteiger partial charge is 0.322 e.